The van der Waals surface area contributed by atoms with Crippen molar-refractivity contribution >= 4 is 0 Å². The van der Waals surface area contributed by atoms with Crippen molar-refractivity contribution < 1.29 is 4.74 Å². The molecular weight excluding hydrogens is 248 g/mol. The molecule has 0 saturated heterocycles. The van der Waals surface area contributed by atoms with Crippen LogP contribution >= 0.6 is 0 Å². The number of aryl methyl sites for hydroxylation is 1. The van der Waals surface area contributed by atoms with E-state index in [9.17, 15) is 0 Å². The van der Waals surface area contributed by atoms with Gasteiger partial charge in [-0.2, -0.15) is 4.98 Å². The maximum absolute atomic E-state index is 5.92. The predicted octanol–water partition coefficient (Wildman–Crippen LogP) is 4.28. The van der Waals surface area contributed by atoms with Gasteiger partial charge >= 0.3 is 6.01 Å². The van der Waals surface area contributed by atoms with Crippen LogP contribution < -0.4 is 4.74 Å². The molecule has 0 N–H and O–H groups in total. The third-order valence-corrected chi connectivity index (χ3v) is 3.28. The van der Waals surface area contributed by atoms with E-state index in [4.69, 9.17) is 4.74 Å². The van der Waals surface area contributed by atoms with Gasteiger partial charge in [-0.1, -0.05) is 36.4 Å². The van der Waals surface area contributed by atoms with Gasteiger partial charge < -0.3 is 4.74 Å². The van der Waals surface area contributed by atoms with Crippen LogP contribution in [0.1, 0.15) is 11.4 Å². The van der Waals surface area contributed by atoms with Crippen molar-refractivity contribution in [2.45, 2.75) is 13.8 Å². The van der Waals surface area contributed by atoms with Crippen molar-refractivity contribution in [1.82, 2.24) is 9.55 Å². The Balaban J connectivity index is 2.06. The van der Waals surface area contributed by atoms with Crippen molar-refractivity contribution in [2.24, 2.45) is 0 Å². The minimum atomic E-state index is 0.595. The van der Waals surface area contributed by atoms with Crippen LogP contribution in [-0.2, 0) is 0 Å². The topological polar surface area (TPSA) is 27.1 Å². The standard InChI is InChI=1S/C17H16N2O/c1-13-14(2)19(15-9-5-3-6-10-15)17(18-13)20-16-11-7-4-8-12-16/h3-12H,1-2H3. The van der Waals surface area contributed by atoms with Gasteiger partial charge in [0.05, 0.1) is 11.4 Å². The normalized spacial score (nSPS) is 10.5. The number of para-hydroxylation sites is 2. The first kappa shape index (κ1) is 12.5. The molecule has 0 spiro atoms. The Hall–Kier alpha value is -2.55. The minimum absolute atomic E-state index is 0.595. The molecule has 20 heavy (non-hydrogen) atoms. The lowest BCUT2D eigenvalue weighted by atomic mass is 10.3. The van der Waals surface area contributed by atoms with Crippen LogP contribution in [0.15, 0.2) is 60.7 Å². The first-order valence-electron chi connectivity index (χ1n) is 6.60. The summed E-state index contributed by atoms with van der Waals surface area (Å²) in [6.45, 7) is 4.04. The summed E-state index contributed by atoms with van der Waals surface area (Å²) in [6, 6.07) is 20.4. The number of imidazole rings is 1. The van der Waals surface area contributed by atoms with Crippen LogP contribution in [0, 0.1) is 13.8 Å². The average molecular weight is 264 g/mol. The molecule has 2 aromatic carbocycles. The summed E-state index contributed by atoms with van der Waals surface area (Å²) in [5, 5.41) is 0. The number of aromatic nitrogens is 2. The summed E-state index contributed by atoms with van der Waals surface area (Å²) in [7, 11) is 0. The quantitative estimate of drug-likeness (QED) is 0.706. The zero-order valence-electron chi connectivity index (χ0n) is 11.6. The van der Waals surface area contributed by atoms with E-state index in [0.29, 0.717) is 6.01 Å². The van der Waals surface area contributed by atoms with Crippen molar-refractivity contribution in [3.8, 4) is 17.4 Å². The molecule has 1 aromatic heterocycles. The zero-order valence-corrected chi connectivity index (χ0v) is 11.6. The Kier molecular flexibility index (Phi) is 3.25. The summed E-state index contributed by atoms with van der Waals surface area (Å²) in [6.07, 6.45) is 0. The van der Waals surface area contributed by atoms with Gasteiger partial charge in [-0.15, -0.1) is 0 Å². The second-order valence-electron chi connectivity index (χ2n) is 4.65. The first-order valence-corrected chi connectivity index (χ1v) is 6.60. The zero-order chi connectivity index (χ0) is 13.9. The van der Waals surface area contributed by atoms with E-state index < -0.39 is 0 Å². The Morgan fingerprint density at radius 1 is 0.850 bits per heavy atom. The van der Waals surface area contributed by atoms with Gasteiger partial charge in [0.15, 0.2) is 0 Å². The summed E-state index contributed by atoms with van der Waals surface area (Å²) >= 11 is 0. The number of ether oxygens (including phenoxy) is 1. The van der Waals surface area contributed by atoms with Crippen LogP contribution in [0.25, 0.3) is 5.69 Å². The molecule has 1 heterocycles. The molecule has 3 rings (SSSR count). The van der Waals surface area contributed by atoms with Gasteiger partial charge in [-0.05, 0) is 38.1 Å². The van der Waals surface area contributed by atoms with E-state index in [1.54, 1.807) is 0 Å². The fraction of sp³-hybridized carbons (Fsp3) is 0.118. The van der Waals surface area contributed by atoms with E-state index in [2.05, 4.69) is 4.98 Å². The maximum Gasteiger partial charge on any atom is 0.307 e. The van der Waals surface area contributed by atoms with Crippen molar-refractivity contribution in [3.63, 3.8) is 0 Å². The van der Waals surface area contributed by atoms with Crippen LogP contribution in [0.4, 0.5) is 0 Å². The highest BCUT2D eigenvalue weighted by Gasteiger charge is 2.14. The molecule has 0 amide bonds. The van der Waals surface area contributed by atoms with Gasteiger partial charge in [-0.3, -0.25) is 4.57 Å². The Morgan fingerprint density at radius 2 is 1.45 bits per heavy atom. The molecule has 0 aliphatic rings. The molecule has 0 bridgehead atoms. The lowest BCUT2D eigenvalue weighted by molar-refractivity contribution is 0.433. The molecule has 0 radical (unpaired) electrons. The number of rotatable bonds is 3. The molecule has 0 fully saturated rings. The van der Waals surface area contributed by atoms with Crippen LogP contribution in [0.3, 0.4) is 0 Å². The molecule has 0 unspecified atom stereocenters. The van der Waals surface area contributed by atoms with E-state index >= 15 is 0 Å². The van der Waals surface area contributed by atoms with Gasteiger partial charge in [-0.25, -0.2) is 0 Å². The molecule has 0 saturated carbocycles. The van der Waals surface area contributed by atoms with E-state index in [1.165, 1.54) is 0 Å². The van der Waals surface area contributed by atoms with E-state index in [0.717, 1.165) is 22.8 Å². The molecule has 3 aromatic rings. The third-order valence-electron chi connectivity index (χ3n) is 3.28. The second kappa shape index (κ2) is 5.21. The van der Waals surface area contributed by atoms with Crippen molar-refractivity contribution in [1.29, 1.82) is 0 Å². The summed E-state index contributed by atoms with van der Waals surface area (Å²) in [5.41, 5.74) is 3.11. The molecular formula is C17H16N2O. The molecule has 3 heteroatoms. The average Bonchev–Trinajstić information content (AvgIpc) is 2.76. The number of hydrogen-bond acceptors (Lipinski definition) is 2. The molecule has 100 valence electrons. The summed E-state index contributed by atoms with van der Waals surface area (Å²) in [5.74, 6) is 0.787. The third kappa shape index (κ3) is 2.30. The monoisotopic (exact) mass is 264 g/mol. The van der Waals surface area contributed by atoms with Gasteiger partial charge in [0.1, 0.15) is 5.75 Å². The molecule has 0 aliphatic heterocycles. The van der Waals surface area contributed by atoms with Gasteiger partial charge in [0.2, 0.25) is 0 Å². The van der Waals surface area contributed by atoms with Crippen molar-refractivity contribution in [3.05, 3.63) is 72.1 Å². The Bertz CT molecular complexity index is 703. The van der Waals surface area contributed by atoms with Crippen LogP contribution in [0.5, 0.6) is 11.8 Å². The highest BCUT2D eigenvalue weighted by molar-refractivity contribution is 5.40. The number of hydrogen-bond donors (Lipinski definition) is 0. The Labute approximate surface area is 118 Å². The Morgan fingerprint density at radius 3 is 2.10 bits per heavy atom. The maximum atomic E-state index is 5.92. The highest BCUT2D eigenvalue weighted by atomic mass is 16.5. The molecule has 0 aliphatic carbocycles. The SMILES string of the molecule is Cc1nc(Oc2ccccc2)n(-c2ccccc2)c1C. The first-order chi connectivity index (χ1) is 9.75. The second-order valence-corrected chi connectivity index (χ2v) is 4.65. The van der Waals surface area contributed by atoms with Crippen LogP contribution in [0.2, 0.25) is 0 Å². The van der Waals surface area contributed by atoms with Crippen LogP contribution in [-0.4, -0.2) is 9.55 Å². The lowest BCUT2D eigenvalue weighted by Crippen LogP contribution is -2.00. The smallest absolute Gasteiger partial charge is 0.307 e. The number of benzene rings is 2. The van der Waals surface area contributed by atoms with E-state index in [1.807, 2.05) is 79.1 Å². The largest absolute Gasteiger partial charge is 0.425 e. The molecule has 3 nitrogen and oxygen atoms in total. The lowest BCUT2D eigenvalue weighted by Gasteiger charge is -2.10. The van der Waals surface area contributed by atoms with Crippen molar-refractivity contribution in [2.75, 3.05) is 0 Å². The predicted molar refractivity (Wildman–Crippen MR) is 79.6 cm³/mol. The fourth-order valence-corrected chi connectivity index (χ4v) is 2.12. The fourth-order valence-electron chi connectivity index (χ4n) is 2.12. The summed E-state index contributed by atoms with van der Waals surface area (Å²) in [4.78, 5) is 4.52. The van der Waals surface area contributed by atoms with Gasteiger partial charge in [0.25, 0.3) is 0 Å². The minimum Gasteiger partial charge on any atom is -0.425 e. The van der Waals surface area contributed by atoms with E-state index in [-0.39, 0.29) is 0 Å². The van der Waals surface area contributed by atoms with Gasteiger partial charge in [0, 0.05) is 5.69 Å². The number of nitrogens with zero attached hydrogens (tertiary/aromatic N) is 2. The highest BCUT2D eigenvalue weighted by Crippen LogP contribution is 2.26. The summed E-state index contributed by atoms with van der Waals surface area (Å²) < 4.78 is 7.95. The molecule has 0 atom stereocenters.